The molecule has 0 bridgehead atoms. The minimum absolute atomic E-state index is 0.179. The Balaban J connectivity index is 2.20. The van der Waals surface area contributed by atoms with Crippen LogP contribution in [0.3, 0.4) is 0 Å². The number of halogens is 1. The highest BCUT2D eigenvalue weighted by atomic mass is 35.5. The van der Waals surface area contributed by atoms with Crippen molar-refractivity contribution in [3.8, 4) is 0 Å². The average Bonchev–Trinajstić information content (AvgIpc) is 2.89. The maximum Gasteiger partial charge on any atom is 0.0931 e. The SMILES string of the molecule is CNC(c1ccc(Cl)s1)c1ccc(C)c2ccccc12. The number of aryl methyl sites for hydroxylation is 1. The summed E-state index contributed by atoms with van der Waals surface area (Å²) in [6, 6.07) is 17.2. The van der Waals surface area contributed by atoms with E-state index in [4.69, 9.17) is 11.6 Å². The molecule has 0 aliphatic rings. The molecule has 0 saturated carbocycles. The third kappa shape index (κ3) is 2.35. The fraction of sp³-hybridized carbons (Fsp3) is 0.176. The number of fused-ring (bicyclic) bond motifs is 1. The van der Waals surface area contributed by atoms with Gasteiger partial charge in [-0.05, 0) is 48.0 Å². The number of benzene rings is 2. The van der Waals surface area contributed by atoms with E-state index in [1.54, 1.807) is 11.3 Å². The fourth-order valence-corrected chi connectivity index (χ4v) is 3.85. The van der Waals surface area contributed by atoms with Gasteiger partial charge in [-0.15, -0.1) is 11.3 Å². The summed E-state index contributed by atoms with van der Waals surface area (Å²) in [6.45, 7) is 2.16. The van der Waals surface area contributed by atoms with Crippen LogP contribution in [0.25, 0.3) is 10.8 Å². The topological polar surface area (TPSA) is 12.0 Å². The van der Waals surface area contributed by atoms with Crippen molar-refractivity contribution in [2.75, 3.05) is 7.05 Å². The molecule has 0 fully saturated rings. The molecule has 3 aromatic rings. The second-order valence-corrected chi connectivity index (χ2v) is 6.63. The first kappa shape index (κ1) is 13.6. The van der Waals surface area contributed by atoms with E-state index in [1.165, 1.54) is 26.8 Å². The van der Waals surface area contributed by atoms with Crippen LogP contribution in [0.5, 0.6) is 0 Å². The van der Waals surface area contributed by atoms with Crippen molar-refractivity contribution in [1.29, 1.82) is 0 Å². The Kier molecular flexibility index (Phi) is 3.79. The molecular weight excluding hydrogens is 286 g/mol. The Hall–Kier alpha value is -1.35. The van der Waals surface area contributed by atoms with Gasteiger partial charge < -0.3 is 5.32 Å². The molecular formula is C17H16ClNS. The molecule has 102 valence electrons. The van der Waals surface area contributed by atoms with Gasteiger partial charge >= 0.3 is 0 Å². The maximum atomic E-state index is 6.08. The summed E-state index contributed by atoms with van der Waals surface area (Å²) in [7, 11) is 1.99. The third-order valence-electron chi connectivity index (χ3n) is 3.65. The molecule has 3 heteroatoms. The predicted molar refractivity (Wildman–Crippen MR) is 88.9 cm³/mol. The van der Waals surface area contributed by atoms with Crippen LogP contribution in [0.4, 0.5) is 0 Å². The van der Waals surface area contributed by atoms with Crippen LogP contribution in [0.2, 0.25) is 4.34 Å². The molecule has 0 radical (unpaired) electrons. The second-order valence-electron chi connectivity index (χ2n) is 4.88. The largest absolute Gasteiger partial charge is 0.309 e. The summed E-state index contributed by atoms with van der Waals surface area (Å²) >= 11 is 7.71. The molecule has 0 aliphatic carbocycles. The van der Waals surface area contributed by atoms with Gasteiger partial charge in [-0.3, -0.25) is 0 Å². The Bertz CT molecular complexity index is 748. The molecule has 1 heterocycles. The zero-order valence-electron chi connectivity index (χ0n) is 11.5. The molecule has 0 aliphatic heterocycles. The Morgan fingerprint density at radius 2 is 1.75 bits per heavy atom. The van der Waals surface area contributed by atoms with Gasteiger partial charge in [0, 0.05) is 4.88 Å². The summed E-state index contributed by atoms with van der Waals surface area (Å²) in [5, 5.41) is 6.03. The van der Waals surface area contributed by atoms with E-state index in [9.17, 15) is 0 Å². The lowest BCUT2D eigenvalue weighted by molar-refractivity contribution is 0.709. The third-order valence-corrected chi connectivity index (χ3v) is 4.95. The van der Waals surface area contributed by atoms with Crippen LogP contribution in [0.15, 0.2) is 48.5 Å². The lowest BCUT2D eigenvalue weighted by Gasteiger charge is -2.18. The van der Waals surface area contributed by atoms with Gasteiger partial charge in [-0.25, -0.2) is 0 Å². The summed E-state index contributed by atoms with van der Waals surface area (Å²) in [5.41, 5.74) is 2.61. The van der Waals surface area contributed by atoms with Crippen molar-refractivity contribution in [3.63, 3.8) is 0 Å². The van der Waals surface area contributed by atoms with Crippen LogP contribution in [-0.4, -0.2) is 7.05 Å². The first-order chi connectivity index (χ1) is 9.70. The minimum Gasteiger partial charge on any atom is -0.309 e. The average molecular weight is 302 g/mol. The van der Waals surface area contributed by atoms with Gasteiger partial charge in [0.25, 0.3) is 0 Å². The van der Waals surface area contributed by atoms with E-state index in [-0.39, 0.29) is 6.04 Å². The molecule has 1 atom stereocenters. The molecule has 1 nitrogen and oxygen atoms in total. The number of hydrogen-bond acceptors (Lipinski definition) is 2. The highest BCUT2D eigenvalue weighted by molar-refractivity contribution is 7.16. The summed E-state index contributed by atoms with van der Waals surface area (Å²) in [4.78, 5) is 1.24. The highest BCUT2D eigenvalue weighted by Gasteiger charge is 2.17. The van der Waals surface area contributed by atoms with Crippen molar-refractivity contribution >= 4 is 33.7 Å². The Labute approximate surface area is 128 Å². The van der Waals surface area contributed by atoms with Crippen molar-refractivity contribution in [1.82, 2.24) is 5.32 Å². The van der Waals surface area contributed by atoms with E-state index < -0.39 is 0 Å². The van der Waals surface area contributed by atoms with Gasteiger partial charge in [-0.1, -0.05) is 48.0 Å². The number of hydrogen-bond donors (Lipinski definition) is 1. The van der Waals surface area contributed by atoms with E-state index in [0.29, 0.717) is 0 Å². The molecule has 1 aromatic heterocycles. The molecule has 0 amide bonds. The predicted octanol–water partition coefficient (Wildman–Crippen LogP) is 5.17. The van der Waals surface area contributed by atoms with Gasteiger partial charge in [0.05, 0.1) is 10.4 Å². The van der Waals surface area contributed by atoms with Crippen molar-refractivity contribution in [3.05, 3.63) is 68.9 Å². The van der Waals surface area contributed by atoms with Crippen LogP contribution in [0, 0.1) is 6.92 Å². The van der Waals surface area contributed by atoms with Crippen molar-refractivity contribution < 1.29 is 0 Å². The van der Waals surface area contributed by atoms with Gasteiger partial charge in [0.2, 0.25) is 0 Å². The molecule has 20 heavy (non-hydrogen) atoms. The normalized spacial score (nSPS) is 12.8. The summed E-state index contributed by atoms with van der Waals surface area (Å²) in [5.74, 6) is 0. The van der Waals surface area contributed by atoms with E-state index >= 15 is 0 Å². The number of nitrogens with one attached hydrogen (secondary N) is 1. The molecule has 0 saturated heterocycles. The molecule has 1 unspecified atom stereocenters. The van der Waals surface area contributed by atoms with E-state index in [0.717, 1.165) is 4.34 Å². The van der Waals surface area contributed by atoms with Crippen LogP contribution < -0.4 is 5.32 Å². The summed E-state index contributed by atoms with van der Waals surface area (Å²) < 4.78 is 0.830. The fourth-order valence-electron chi connectivity index (χ4n) is 2.66. The van der Waals surface area contributed by atoms with E-state index in [1.807, 2.05) is 13.1 Å². The summed E-state index contributed by atoms with van der Waals surface area (Å²) in [6.07, 6.45) is 0. The van der Waals surface area contributed by atoms with Crippen LogP contribution in [0.1, 0.15) is 22.0 Å². The molecule has 3 rings (SSSR count). The van der Waals surface area contributed by atoms with Crippen LogP contribution in [-0.2, 0) is 0 Å². The molecule has 2 aromatic carbocycles. The standard InChI is InChI=1S/C17H16ClNS/c1-11-7-8-14(13-6-4-3-5-12(11)13)17(19-2)15-9-10-16(18)20-15/h3-10,17,19H,1-2H3. The maximum absolute atomic E-state index is 6.08. The number of rotatable bonds is 3. The first-order valence-electron chi connectivity index (χ1n) is 6.61. The Morgan fingerprint density at radius 1 is 1.00 bits per heavy atom. The zero-order valence-corrected chi connectivity index (χ0v) is 13.1. The minimum atomic E-state index is 0.179. The first-order valence-corrected chi connectivity index (χ1v) is 7.81. The van der Waals surface area contributed by atoms with Gasteiger partial charge in [-0.2, -0.15) is 0 Å². The van der Waals surface area contributed by atoms with Crippen molar-refractivity contribution in [2.45, 2.75) is 13.0 Å². The smallest absolute Gasteiger partial charge is 0.0931 e. The highest BCUT2D eigenvalue weighted by Crippen LogP contribution is 2.34. The zero-order chi connectivity index (χ0) is 14.1. The quantitative estimate of drug-likeness (QED) is 0.703. The monoisotopic (exact) mass is 301 g/mol. The van der Waals surface area contributed by atoms with Gasteiger partial charge in [0.15, 0.2) is 0 Å². The lowest BCUT2D eigenvalue weighted by atomic mass is 9.95. The lowest BCUT2D eigenvalue weighted by Crippen LogP contribution is -2.16. The molecule has 0 spiro atoms. The van der Waals surface area contributed by atoms with E-state index in [2.05, 4.69) is 54.7 Å². The number of thiophene rings is 1. The van der Waals surface area contributed by atoms with Crippen LogP contribution >= 0.6 is 22.9 Å². The van der Waals surface area contributed by atoms with Gasteiger partial charge in [0.1, 0.15) is 0 Å². The Morgan fingerprint density at radius 3 is 2.40 bits per heavy atom. The molecule has 1 N–H and O–H groups in total. The van der Waals surface area contributed by atoms with Crippen molar-refractivity contribution in [2.24, 2.45) is 0 Å². The second kappa shape index (κ2) is 5.57.